The van der Waals surface area contributed by atoms with Crippen LogP contribution in [-0.2, 0) is 11.4 Å². The normalized spacial score (nSPS) is 10.6. The van der Waals surface area contributed by atoms with E-state index in [0.29, 0.717) is 0 Å². The van der Waals surface area contributed by atoms with Crippen LogP contribution in [0.1, 0.15) is 0 Å². The summed E-state index contributed by atoms with van der Waals surface area (Å²) < 4.78 is 22.8. The van der Waals surface area contributed by atoms with Gasteiger partial charge in [-0.25, -0.2) is 0 Å². The van der Waals surface area contributed by atoms with Crippen molar-refractivity contribution in [3.63, 3.8) is 0 Å². The van der Waals surface area contributed by atoms with Crippen molar-refractivity contribution in [2.24, 2.45) is 0 Å². The summed E-state index contributed by atoms with van der Waals surface area (Å²) in [6, 6.07) is 30.2. The Bertz CT molecular complexity index is 920. The standard InChI is InChI=1S/C20H14.H2O3S/c1-3-11-17-15(7-1)9-5-13-19(17)20-14-6-10-16-8-2-4-12-18(16)20;1-4(2)3/h1-14H;(H2,1,2,3). The molecule has 0 aliphatic heterocycles. The molecular formula is C20H16O3S. The molecule has 4 rings (SSSR count). The first-order valence-corrected chi connectivity index (χ1v) is 8.49. The monoisotopic (exact) mass is 336 g/mol. The van der Waals surface area contributed by atoms with Gasteiger partial charge in [0.25, 0.3) is 11.4 Å². The van der Waals surface area contributed by atoms with Crippen LogP contribution in [0.2, 0.25) is 0 Å². The highest BCUT2D eigenvalue weighted by Gasteiger charge is 2.06. The van der Waals surface area contributed by atoms with E-state index in [-0.39, 0.29) is 0 Å². The van der Waals surface area contributed by atoms with Gasteiger partial charge in [-0.2, -0.15) is 4.21 Å². The predicted molar refractivity (Wildman–Crippen MR) is 100 cm³/mol. The lowest BCUT2D eigenvalue weighted by molar-refractivity contribution is 0.454. The number of fused-ring (bicyclic) bond motifs is 2. The summed E-state index contributed by atoms with van der Waals surface area (Å²) in [4.78, 5) is 0. The van der Waals surface area contributed by atoms with E-state index in [9.17, 15) is 0 Å². The van der Waals surface area contributed by atoms with Gasteiger partial charge in [0, 0.05) is 0 Å². The molecule has 0 amide bonds. The summed E-state index contributed by atoms with van der Waals surface area (Å²) in [7, 11) is 0. The number of hydrogen-bond acceptors (Lipinski definition) is 1. The molecule has 120 valence electrons. The first-order chi connectivity index (χ1) is 11.7. The van der Waals surface area contributed by atoms with Crippen LogP contribution >= 0.6 is 0 Å². The van der Waals surface area contributed by atoms with E-state index in [1.165, 1.54) is 32.7 Å². The molecule has 0 heterocycles. The lowest BCUT2D eigenvalue weighted by Gasteiger charge is -2.10. The Morgan fingerprint density at radius 1 is 0.542 bits per heavy atom. The SMILES string of the molecule is O=S(O)O.c1ccc2c(-c3cccc4ccccc34)cccc2c1. The number of hydrogen-bond donors (Lipinski definition) is 2. The molecule has 0 bridgehead atoms. The molecule has 0 fully saturated rings. The van der Waals surface area contributed by atoms with Gasteiger partial charge in [0.2, 0.25) is 0 Å². The summed E-state index contributed by atoms with van der Waals surface area (Å²) in [5.41, 5.74) is 2.61. The molecule has 0 atom stereocenters. The van der Waals surface area contributed by atoms with Gasteiger partial charge in [0.15, 0.2) is 0 Å². The van der Waals surface area contributed by atoms with E-state index in [0.717, 1.165) is 0 Å². The van der Waals surface area contributed by atoms with Gasteiger partial charge in [-0.05, 0) is 32.7 Å². The van der Waals surface area contributed by atoms with E-state index in [2.05, 4.69) is 84.9 Å². The molecule has 2 N–H and O–H groups in total. The van der Waals surface area contributed by atoms with E-state index in [1.54, 1.807) is 0 Å². The molecule has 4 aromatic rings. The smallest absolute Gasteiger partial charge is 0.284 e. The zero-order chi connectivity index (χ0) is 16.9. The Labute approximate surface area is 142 Å². The van der Waals surface area contributed by atoms with Gasteiger partial charge >= 0.3 is 0 Å². The molecule has 0 unspecified atom stereocenters. The van der Waals surface area contributed by atoms with Crippen molar-refractivity contribution in [3.05, 3.63) is 84.9 Å². The number of benzene rings is 4. The zero-order valence-corrected chi connectivity index (χ0v) is 13.6. The molecule has 0 spiro atoms. The fraction of sp³-hybridized carbons (Fsp3) is 0. The third-order valence-electron chi connectivity index (χ3n) is 3.87. The third kappa shape index (κ3) is 3.51. The molecule has 0 aromatic heterocycles. The van der Waals surface area contributed by atoms with E-state index in [4.69, 9.17) is 13.3 Å². The van der Waals surface area contributed by atoms with Crippen molar-refractivity contribution >= 4 is 32.9 Å². The second-order valence-electron chi connectivity index (χ2n) is 5.28. The molecule has 24 heavy (non-hydrogen) atoms. The van der Waals surface area contributed by atoms with E-state index < -0.39 is 11.4 Å². The van der Waals surface area contributed by atoms with Gasteiger partial charge < -0.3 is 0 Å². The second kappa shape index (κ2) is 7.36. The first-order valence-electron chi connectivity index (χ1n) is 7.42. The summed E-state index contributed by atoms with van der Waals surface area (Å²) in [6.45, 7) is 0. The lowest BCUT2D eigenvalue weighted by Crippen LogP contribution is -1.83. The predicted octanol–water partition coefficient (Wildman–Crippen LogP) is 5.34. The zero-order valence-electron chi connectivity index (χ0n) is 12.8. The Kier molecular flexibility index (Phi) is 5.01. The summed E-state index contributed by atoms with van der Waals surface area (Å²) in [5, 5.41) is 5.20. The molecule has 0 aliphatic rings. The van der Waals surface area contributed by atoms with Crippen molar-refractivity contribution in [2.45, 2.75) is 0 Å². The maximum absolute atomic E-state index is 8.67. The molecule has 0 saturated carbocycles. The van der Waals surface area contributed by atoms with E-state index in [1.807, 2.05) is 0 Å². The number of rotatable bonds is 1. The topological polar surface area (TPSA) is 57.5 Å². The van der Waals surface area contributed by atoms with Crippen LogP contribution < -0.4 is 0 Å². The van der Waals surface area contributed by atoms with Crippen LogP contribution in [0.15, 0.2) is 84.9 Å². The van der Waals surface area contributed by atoms with E-state index >= 15 is 0 Å². The highest BCUT2D eigenvalue weighted by molar-refractivity contribution is 7.73. The molecule has 4 aromatic carbocycles. The maximum atomic E-state index is 8.67. The quantitative estimate of drug-likeness (QED) is 0.461. The minimum Gasteiger partial charge on any atom is -0.284 e. The van der Waals surface area contributed by atoms with Crippen molar-refractivity contribution in [2.75, 3.05) is 0 Å². The van der Waals surface area contributed by atoms with Crippen LogP contribution in [0.4, 0.5) is 0 Å². The van der Waals surface area contributed by atoms with Gasteiger partial charge in [0.1, 0.15) is 0 Å². The molecular weight excluding hydrogens is 320 g/mol. The highest BCUT2D eigenvalue weighted by Crippen LogP contribution is 2.33. The minimum atomic E-state index is -2.61. The molecule has 3 nitrogen and oxygen atoms in total. The fourth-order valence-corrected chi connectivity index (χ4v) is 2.92. The minimum absolute atomic E-state index is 1.29. The first kappa shape index (κ1) is 16.3. The molecule has 0 radical (unpaired) electrons. The Balaban J connectivity index is 0.000000383. The summed E-state index contributed by atoms with van der Waals surface area (Å²) >= 11 is -2.61. The maximum Gasteiger partial charge on any atom is 0.299 e. The van der Waals surface area contributed by atoms with Crippen LogP contribution in [0.3, 0.4) is 0 Å². The van der Waals surface area contributed by atoms with Gasteiger partial charge in [-0.15, -0.1) is 0 Å². The van der Waals surface area contributed by atoms with Gasteiger partial charge in [-0.3, -0.25) is 9.11 Å². The average Bonchev–Trinajstić information content (AvgIpc) is 2.60. The molecule has 0 aliphatic carbocycles. The molecule has 0 saturated heterocycles. The summed E-state index contributed by atoms with van der Waals surface area (Å²) in [6.07, 6.45) is 0. The summed E-state index contributed by atoms with van der Waals surface area (Å²) in [5.74, 6) is 0. The van der Waals surface area contributed by atoms with Crippen LogP contribution in [-0.4, -0.2) is 13.3 Å². The average molecular weight is 336 g/mol. The lowest BCUT2D eigenvalue weighted by atomic mass is 9.94. The van der Waals surface area contributed by atoms with Crippen LogP contribution in [0.25, 0.3) is 32.7 Å². The second-order valence-corrected chi connectivity index (χ2v) is 5.75. The van der Waals surface area contributed by atoms with Crippen LogP contribution in [0.5, 0.6) is 0 Å². The molecule has 4 heteroatoms. The Morgan fingerprint density at radius 3 is 1.29 bits per heavy atom. The van der Waals surface area contributed by atoms with Gasteiger partial charge in [0.05, 0.1) is 0 Å². The Hall–Kier alpha value is -2.53. The van der Waals surface area contributed by atoms with Crippen molar-refractivity contribution < 1.29 is 13.3 Å². The largest absolute Gasteiger partial charge is 0.299 e. The Morgan fingerprint density at radius 2 is 0.875 bits per heavy atom. The fourth-order valence-electron chi connectivity index (χ4n) is 2.92. The van der Waals surface area contributed by atoms with Crippen LogP contribution in [0, 0.1) is 0 Å². The van der Waals surface area contributed by atoms with Crippen molar-refractivity contribution in [1.82, 2.24) is 0 Å². The highest BCUT2D eigenvalue weighted by atomic mass is 32.2. The van der Waals surface area contributed by atoms with Crippen molar-refractivity contribution in [1.29, 1.82) is 0 Å². The third-order valence-corrected chi connectivity index (χ3v) is 3.87. The van der Waals surface area contributed by atoms with Crippen molar-refractivity contribution in [3.8, 4) is 11.1 Å². The van der Waals surface area contributed by atoms with Gasteiger partial charge in [-0.1, -0.05) is 84.9 Å².